The Bertz CT molecular complexity index is 1220. The van der Waals surface area contributed by atoms with Crippen LogP contribution in [0.15, 0.2) is 28.2 Å². The summed E-state index contributed by atoms with van der Waals surface area (Å²) < 4.78 is 13.1. The molecule has 5 rings (SSSR count). The van der Waals surface area contributed by atoms with E-state index in [2.05, 4.69) is 20.2 Å². The van der Waals surface area contributed by atoms with Crippen LogP contribution in [0.25, 0.3) is 10.3 Å². The normalized spacial score (nSPS) is 15.7. The number of hydrogen-bond acceptors (Lipinski definition) is 9. The molecule has 1 fully saturated rings. The van der Waals surface area contributed by atoms with Gasteiger partial charge < -0.3 is 19.7 Å². The first-order valence-electron chi connectivity index (χ1n) is 10.5. The van der Waals surface area contributed by atoms with Gasteiger partial charge in [-0.1, -0.05) is 23.1 Å². The van der Waals surface area contributed by atoms with Gasteiger partial charge in [-0.05, 0) is 31.4 Å². The number of fused-ring (bicyclic) bond motifs is 2. The third-order valence-electron chi connectivity index (χ3n) is 5.37. The molecule has 9 nitrogen and oxygen atoms in total. The molecule has 1 amide bonds. The van der Waals surface area contributed by atoms with E-state index < -0.39 is 0 Å². The van der Waals surface area contributed by atoms with Crippen LogP contribution in [0, 0.1) is 0 Å². The first-order chi connectivity index (χ1) is 15.6. The Labute approximate surface area is 192 Å². The summed E-state index contributed by atoms with van der Waals surface area (Å²) in [6.07, 6.45) is 3.51. The third-order valence-corrected chi connectivity index (χ3v) is 7.49. The van der Waals surface area contributed by atoms with Crippen molar-refractivity contribution in [3.8, 4) is 11.5 Å². The largest absolute Gasteiger partial charge is 0.486 e. The highest BCUT2D eigenvalue weighted by Gasteiger charge is 2.20. The van der Waals surface area contributed by atoms with Crippen molar-refractivity contribution >= 4 is 50.2 Å². The minimum Gasteiger partial charge on any atom is -0.486 e. The van der Waals surface area contributed by atoms with Gasteiger partial charge in [-0.3, -0.25) is 14.2 Å². The molecule has 1 N–H and O–H groups in total. The number of benzene rings is 1. The van der Waals surface area contributed by atoms with Gasteiger partial charge in [0, 0.05) is 31.9 Å². The van der Waals surface area contributed by atoms with E-state index in [1.807, 2.05) is 0 Å². The van der Waals surface area contributed by atoms with Gasteiger partial charge >= 0.3 is 0 Å². The molecule has 1 aromatic carbocycles. The number of thioether (sulfide) groups is 1. The van der Waals surface area contributed by atoms with Gasteiger partial charge in [0.2, 0.25) is 5.91 Å². The van der Waals surface area contributed by atoms with Gasteiger partial charge in [-0.25, -0.2) is 4.98 Å². The average Bonchev–Trinajstić information content (AvgIpc) is 3.25. The lowest BCUT2D eigenvalue weighted by Gasteiger charge is -2.25. The predicted octanol–water partition coefficient (Wildman–Crippen LogP) is 2.88. The van der Waals surface area contributed by atoms with Gasteiger partial charge in [0.15, 0.2) is 27.4 Å². The topological polar surface area (TPSA) is 98.6 Å². The van der Waals surface area contributed by atoms with Crippen molar-refractivity contribution in [2.24, 2.45) is 7.05 Å². The van der Waals surface area contributed by atoms with Crippen LogP contribution in [-0.4, -0.2) is 52.5 Å². The predicted molar refractivity (Wildman–Crippen MR) is 126 cm³/mol. The quantitative estimate of drug-likeness (QED) is 0.446. The zero-order chi connectivity index (χ0) is 22.1. The van der Waals surface area contributed by atoms with E-state index in [1.54, 1.807) is 25.2 Å². The van der Waals surface area contributed by atoms with E-state index in [-0.39, 0.29) is 17.2 Å². The molecule has 168 valence electrons. The molecular weight excluding hydrogens is 450 g/mol. The van der Waals surface area contributed by atoms with Crippen LogP contribution >= 0.6 is 23.1 Å². The number of piperidine rings is 1. The highest BCUT2D eigenvalue weighted by atomic mass is 32.2. The summed E-state index contributed by atoms with van der Waals surface area (Å²) in [5.41, 5.74) is 0.946. The number of amides is 1. The molecular formula is C21H23N5O4S2. The van der Waals surface area contributed by atoms with Crippen molar-refractivity contribution in [1.82, 2.24) is 14.5 Å². The summed E-state index contributed by atoms with van der Waals surface area (Å²) >= 11 is 2.61. The lowest BCUT2D eigenvalue weighted by molar-refractivity contribution is -0.113. The van der Waals surface area contributed by atoms with E-state index >= 15 is 0 Å². The molecule has 0 saturated carbocycles. The number of rotatable bonds is 5. The van der Waals surface area contributed by atoms with Crippen molar-refractivity contribution < 1.29 is 14.3 Å². The number of carbonyl (C=O) groups excluding carboxylic acids is 1. The molecule has 0 radical (unpaired) electrons. The van der Waals surface area contributed by atoms with Crippen molar-refractivity contribution in [2.45, 2.75) is 24.4 Å². The first-order valence-corrected chi connectivity index (χ1v) is 12.3. The molecule has 2 aliphatic heterocycles. The van der Waals surface area contributed by atoms with Crippen molar-refractivity contribution in [1.29, 1.82) is 0 Å². The number of hydrogen-bond donors (Lipinski definition) is 1. The first kappa shape index (κ1) is 21.1. The molecule has 3 aromatic rings. The Balaban J connectivity index is 1.28. The smallest absolute Gasteiger partial charge is 0.273 e. The zero-order valence-corrected chi connectivity index (χ0v) is 19.3. The van der Waals surface area contributed by atoms with E-state index in [0.717, 1.165) is 31.1 Å². The minimum atomic E-state index is -0.201. The molecule has 0 spiro atoms. The summed E-state index contributed by atoms with van der Waals surface area (Å²) in [4.78, 5) is 36.7. The molecule has 2 aliphatic rings. The number of nitrogens with zero attached hydrogens (tertiary/aromatic N) is 4. The lowest BCUT2D eigenvalue weighted by atomic mass is 10.1. The fourth-order valence-corrected chi connectivity index (χ4v) is 5.51. The second kappa shape index (κ2) is 8.99. The summed E-state index contributed by atoms with van der Waals surface area (Å²) in [7, 11) is 1.68. The van der Waals surface area contributed by atoms with Crippen LogP contribution in [0.3, 0.4) is 0 Å². The highest BCUT2D eigenvalue weighted by molar-refractivity contribution is 7.99. The molecule has 32 heavy (non-hydrogen) atoms. The Kier molecular flexibility index (Phi) is 5.92. The van der Waals surface area contributed by atoms with Crippen LogP contribution in [0.2, 0.25) is 0 Å². The Hall–Kier alpha value is -2.79. The second-order valence-corrected chi connectivity index (χ2v) is 9.57. The Morgan fingerprint density at radius 2 is 1.94 bits per heavy atom. The molecule has 0 aliphatic carbocycles. The highest BCUT2D eigenvalue weighted by Crippen LogP contribution is 2.33. The van der Waals surface area contributed by atoms with Crippen LogP contribution in [0.4, 0.5) is 10.8 Å². The van der Waals surface area contributed by atoms with Gasteiger partial charge in [-0.15, -0.1) is 0 Å². The zero-order valence-electron chi connectivity index (χ0n) is 17.6. The summed E-state index contributed by atoms with van der Waals surface area (Å²) in [6.45, 7) is 2.92. The van der Waals surface area contributed by atoms with E-state index in [0.29, 0.717) is 45.9 Å². The molecule has 2 aromatic heterocycles. The Morgan fingerprint density at radius 1 is 1.16 bits per heavy atom. The van der Waals surface area contributed by atoms with Crippen molar-refractivity contribution in [3.05, 3.63) is 28.6 Å². The van der Waals surface area contributed by atoms with Gasteiger partial charge in [0.1, 0.15) is 17.9 Å². The maximum Gasteiger partial charge on any atom is 0.273 e. The van der Waals surface area contributed by atoms with Crippen LogP contribution in [0.1, 0.15) is 19.3 Å². The maximum absolute atomic E-state index is 12.9. The van der Waals surface area contributed by atoms with Crippen LogP contribution in [0.5, 0.6) is 11.5 Å². The van der Waals surface area contributed by atoms with E-state index in [1.165, 1.54) is 34.1 Å². The van der Waals surface area contributed by atoms with E-state index in [9.17, 15) is 9.59 Å². The number of ether oxygens (including phenoxy) is 2. The van der Waals surface area contributed by atoms with Gasteiger partial charge in [-0.2, -0.15) is 4.98 Å². The minimum absolute atomic E-state index is 0.114. The van der Waals surface area contributed by atoms with Crippen molar-refractivity contribution in [2.75, 3.05) is 42.3 Å². The van der Waals surface area contributed by atoms with Gasteiger partial charge in [0.25, 0.3) is 5.56 Å². The van der Waals surface area contributed by atoms with Gasteiger partial charge in [0.05, 0.1) is 5.75 Å². The molecule has 1 saturated heterocycles. The summed E-state index contributed by atoms with van der Waals surface area (Å²) in [6, 6.07) is 5.29. The monoisotopic (exact) mass is 473 g/mol. The summed E-state index contributed by atoms with van der Waals surface area (Å²) in [5, 5.41) is 4.17. The molecule has 11 heteroatoms. The van der Waals surface area contributed by atoms with Crippen molar-refractivity contribution in [3.63, 3.8) is 0 Å². The number of thiazole rings is 1. The lowest BCUT2D eigenvalue weighted by Crippen LogP contribution is -2.29. The van der Waals surface area contributed by atoms with E-state index in [4.69, 9.17) is 9.47 Å². The molecule has 4 heterocycles. The molecule has 0 atom stereocenters. The molecule has 0 unspecified atom stereocenters. The SMILES string of the molecule is Cn1c(SCC(=O)Nc2ccc3c(c2)OCCO3)nc2nc(N3CCCCC3)sc2c1=O. The van der Waals surface area contributed by atoms with Crippen LogP contribution in [-0.2, 0) is 11.8 Å². The van der Waals surface area contributed by atoms with Crippen LogP contribution < -0.4 is 25.2 Å². The maximum atomic E-state index is 12.9. The number of nitrogens with one attached hydrogen (secondary N) is 1. The molecule has 0 bridgehead atoms. The number of aromatic nitrogens is 3. The number of anilines is 2. The third kappa shape index (κ3) is 4.26. The second-order valence-electron chi connectivity index (χ2n) is 7.65. The fraction of sp³-hybridized carbons (Fsp3) is 0.429. The fourth-order valence-electron chi connectivity index (χ4n) is 3.72. The number of carbonyl (C=O) groups is 1. The Morgan fingerprint density at radius 3 is 2.75 bits per heavy atom. The summed E-state index contributed by atoms with van der Waals surface area (Å²) in [5.74, 6) is 1.20. The standard InChI is InChI=1S/C21H23N5O4S2/c1-25-19(28)17-18(24-21(32-17)26-7-3-2-4-8-26)23-20(25)31-12-16(27)22-13-5-6-14-15(11-13)30-10-9-29-14/h5-6,11H,2-4,7-10,12H2,1H3,(H,22,27). The average molecular weight is 474 g/mol.